The van der Waals surface area contributed by atoms with E-state index in [1.807, 2.05) is 42.5 Å². The zero-order valence-electron chi connectivity index (χ0n) is 12.7. The van der Waals surface area contributed by atoms with Gasteiger partial charge < -0.3 is 25.2 Å². The number of aliphatic hydroxyl groups excluding tert-OH is 3. The van der Waals surface area contributed by atoms with E-state index in [9.17, 15) is 0 Å². The molecule has 3 rings (SSSR count). The lowest BCUT2D eigenvalue weighted by Crippen LogP contribution is -2.46. The lowest BCUT2D eigenvalue weighted by Gasteiger charge is -2.30. The number of hydrogen-bond donors (Lipinski definition) is 4. The summed E-state index contributed by atoms with van der Waals surface area (Å²) in [4.78, 5) is 0. The van der Waals surface area contributed by atoms with E-state index < -0.39 is 18.3 Å². The van der Waals surface area contributed by atoms with E-state index in [-0.39, 0.29) is 6.61 Å². The van der Waals surface area contributed by atoms with Crippen molar-refractivity contribution in [2.45, 2.75) is 24.7 Å². The zero-order chi connectivity index (χ0) is 16.7. The van der Waals surface area contributed by atoms with Crippen molar-refractivity contribution in [3.8, 4) is 16.9 Å². The van der Waals surface area contributed by atoms with Crippen LogP contribution in [-0.4, -0.2) is 52.0 Å². The van der Waals surface area contributed by atoms with Crippen LogP contribution in [0.25, 0.3) is 11.1 Å². The number of aromatic hydroxyl groups is 1. The summed E-state index contributed by atoms with van der Waals surface area (Å²) in [5, 5.41) is 35.8. The maximum absolute atomic E-state index is 9.10. The third-order valence-electron chi connectivity index (χ3n) is 3.68. The first-order valence-corrected chi connectivity index (χ1v) is 7.55. The molecule has 2 aromatic carbocycles. The van der Waals surface area contributed by atoms with E-state index >= 15 is 0 Å². The second-order valence-electron chi connectivity index (χ2n) is 5.35. The van der Waals surface area contributed by atoms with Crippen LogP contribution in [0.15, 0.2) is 54.6 Å². The Kier molecular flexibility index (Phi) is 6.55. The minimum Gasteiger partial charge on any atom is -0.508 e. The molecule has 5 heteroatoms. The second-order valence-corrected chi connectivity index (χ2v) is 5.35. The predicted molar refractivity (Wildman–Crippen MR) is 87.0 cm³/mol. The fourth-order valence-corrected chi connectivity index (χ4v) is 2.30. The van der Waals surface area contributed by atoms with Crippen molar-refractivity contribution in [3.05, 3.63) is 54.6 Å². The molecule has 1 fully saturated rings. The maximum Gasteiger partial charge on any atom is 0.115 e. The quantitative estimate of drug-likeness (QED) is 0.674. The molecule has 1 heterocycles. The molecule has 3 unspecified atom stereocenters. The van der Waals surface area contributed by atoms with E-state index in [0.717, 1.165) is 5.56 Å². The van der Waals surface area contributed by atoms with Gasteiger partial charge in [0.25, 0.3) is 0 Å². The molecule has 0 aliphatic carbocycles. The van der Waals surface area contributed by atoms with Crippen LogP contribution >= 0.6 is 0 Å². The number of phenols is 1. The molecule has 0 amide bonds. The molecule has 4 N–H and O–H groups in total. The standard InChI is InChI=1S/C12H10O.C6H12O4/c13-12-8-6-11(7-9-12)10-4-2-1-3-5-10;7-3-5-6(9)4(8)1-2-10-5/h1-9,13H;4-9H,1-3H2. The van der Waals surface area contributed by atoms with Crippen molar-refractivity contribution >= 4 is 0 Å². The molecule has 5 nitrogen and oxygen atoms in total. The second kappa shape index (κ2) is 8.64. The first-order valence-electron chi connectivity index (χ1n) is 7.55. The Morgan fingerprint density at radius 3 is 2.09 bits per heavy atom. The third kappa shape index (κ3) is 5.04. The first kappa shape index (κ1) is 17.4. The van der Waals surface area contributed by atoms with Crippen LogP contribution in [0.5, 0.6) is 5.75 Å². The van der Waals surface area contributed by atoms with Gasteiger partial charge in [-0.1, -0.05) is 42.5 Å². The molecule has 0 radical (unpaired) electrons. The minimum absolute atomic E-state index is 0.238. The van der Waals surface area contributed by atoms with Crippen LogP contribution in [0.3, 0.4) is 0 Å². The molecule has 1 aliphatic heterocycles. The normalized spacial score (nSPS) is 23.7. The number of rotatable bonds is 2. The number of benzene rings is 2. The van der Waals surface area contributed by atoms with Crippen molar-refractivity contribution in [3.63, 3.8) is 0 Å². The average Bonchev–Trinajstić information content (AvgIpc) is 2.59. The Balaban J connectivity index is 0.000000174. The molecule has 3 atom stereocenters. The van der Waals surface area contributed by atoms with Gasteiger partial charge in [0.2, 0.25) is 0 Å². The summed E-state index contributed by atoms with van der Waals surface area (Å²) in [5.74, 6) is 0.305. The number of ether oxygens (including phenoxy) is 1. The summed E-state index contributed by atoms with van der Waals surface area (Å²) < 4.78 is 4.95. The molecule has 124 valence electrons. The van der Waals surface area contributed by atoms with E-state index in [1.165, 1.54) is 5.56 Å². The summed E-state index contributed by atoms with van der Waals surface area (Å²) in [6.07, 6.45) is -1.84. The first-order chi connectivity index (χ1) is 11.1. The van der Waals surface area contributed by atoms with Crippen LogP contribution in [-0.2, 0) is 4.74 Å². The SMILES string of the molecule is OCC1OCCC(O)C1O.Oc1ccc(-c2ccccc2)cc1. The molecule has 1 aliphatic rings. The summed E-state index contributed by atoms with van der Waals surface area (Å²) in [7, 11) is 0. The van der Waals surface area contributed by atoms with Crippen LogP contribution in [0.1, 0.15) is 6.42 Å². The summed E-state index contributed by atoms with van der Waals surface area (Å²) in [6.45, 7) is 0.168. The molecule has 0 saturated carbocycles. The van der Waals surface area contributed by atoms with Gasteiger partial charge in [-0.25, -0.2) is 0 Å². The largest absolute Gasteiger partial charge is 0.508 e. The zero-order valence-corrected chi connectivity index (χ0v) is 12.7. The Hall–Kier alpha value is -1.92. The number of hydrogen-bond acceptors (Lipinski definition) is 5. The summed E-state index contributed by atoms with van der Waals surface area (Å²) >= 11 is 0. The summed E-state index contributed by atoms with van der Waals surface area (Å²) in [5.41, 5.74) is 2.29. The van der Waals surface area contributed by atoms with Gasteiger partial charge in [0, 0.05) is 6.61 Å². The number of aliphatic hydroxyl groups is 3. The Bertz CT molecular complexity index is 570. The fraction of sp³-hybridized carbons (Fsp3) is 0.333. The minimum atomic E-state index is -0.932. The molecular weight excluding hydrogens is 296 g/mol. The van der Waals surface area contributed by atoms with Gasteiger partial charge in [-0.05, 0) is 29.7 Å². The maximum atomic E-state index is 9.10. The van der Waals surface area contributed by atoms with E-state index in [0.29, 0.717) is 18.8 Å². The predicted octanol–water partition coefficient (Wildman–Crippen LogP) is 1.55. The van der Waals surface area contributed by atoms with Crippen LogP contribution in [0, 0.1) is 0 Å². The molecule has 2 aromatic rings. The Morgan fingerprint density at radius 2 is 1.52 bits per heavy atom. The van der Waals surface area contributed by atoms with Gasteiger partial charge in [-0.15, -0.1) is 0 Å². The van der Waals surface area contributed by atoms with Crippen molar-refractivity contribution in [1.29, 1.82) is 0 Å². The highest BCUT2D eigenvalue weighted by molar-refractivity contribution is 5.63. The summed E-state index contributed by atoms with van der Waals surface area (Å²) in [6, 6.07) is 17.3. The van der Waals surface area contributed by atoms with Gasteiger partial charge >= 0.3 is 0 Å². The van der Waals surface area contributed by atoms with Crippen molar-refractivity contribution in [2.24, 2.45) is 0 Å². The van der Waals surface area contributed by atoms with Crippen LogP contribution < -0.4 is 0 Å². The highest BCUT2D eigenvalue weighted by Crippen LogP contribution is 2.20. The van der Waals surface area contributed by atoms with Gasteiger partial charge in [0.1, 0.15) is 18.0 Å². The van der Waals surface area contributed by atoms with Crippen LogP contribution in [0.2, 0.25) is 0 Å². The average molecular weight is 318 g/mol. The Morgan fingerprint density at radius 1 is 0.913 bits per heavy atom. The highest BCUT2D eigenvalue weighted by Gasteiger charge is 2.30. The van der Waals surface area contributed by atoms with Gasteiger partial charge in [0.15, 0.2) is 0 Å². The van der Waals surface area contributed by atoms with E-state index in [2.05, 4.69) is 0 Å². The molecule has 1 saturated heterocycles. The van der Waals surface area contributed by atoms with Crippen molar-refractivity contribution < 1.29 is 25.2 Å². The fourth-order valence-electron chi connectivity index (χ4n) is 2.30. The van der Waals surface area contributed by atoms with Gasteiger partial charge in [-0.2, -0.15) is 0 Å². The topological polar surface area (TPSA) is 90.2 Å². The van der Waals surface area contributed by atoms with Crippen molar-refractivity contribution in [1.82, 2.24) is 0 Å². The van der Waals surface area contributed by atoms with E-state index in [1.54, 1.807) is 12.1 Å². The Labute approximate surface area is 135 Å². The van der Waals surface area contributed by atoms with Crippen LogP contribution in [0.4, 0.5) is 0 Å². The molecule has 0 aromatic heterocycles. The van der Waals surface area contributed by atoms with Crippen molar-refractivity contribution in [2.75, 3.05) is 13.2 Å². The van der Waals surface area contributed by atoms with Gasteiger partial charge in [0.05, 0.1) is 12.7 Å². The smallest absolute Gasteiger partial charge is 0.115 e. The molecule has 0 spiro atoms. The lowest BCUT2D eigenvalue weighted by molar-refractivity contribution is -0.147. The lowest BCUT2D eigenvalue weighted by atomic mass is 10.0. The van der Waals surface area contributed by atoms with Gasteiger partial charge in [-0.3, -0.25) is 0 Å². The monoisotopic (exact) mass is 318 g/mol. The highest BCUT2D eigenvalue weighted by atomic mass is 16.5. The third-order valence-corrected chi connectivity index (χ3v) is 3.68. The molecular formula is C18H22O5. The van der Waals surface area contributed by atoms with E-state index in [4.69, 9.17) is 25.2 Å². The molecule has 0 bridgehead atoms. The number of phenolic OH excluding ortho intramolecular Hbond substituents is 1. The molecule has 23 heavy (non-hydrogen) atoms.